The number of para-hydroxylation sites is 1. The van der Waals surface area contributed by atoms with Gasteiger partial charge in [0, 0.05) is 45.8 Å². The fourth-order valence-corrected chi connectivity index (χ4v) is 5.23. The summed E-state index contributed by atoms with van der Waals surface area (Å²) in [6.07, 6.45) is 0.476. The maximum Gasteiger partial charge on any atom is 0.438 e. The van der Waals surface area contributed by atoms with Gasteiger partial charge >= 0.3 is 5.76 Å². The van der Waals surface area contributed by atoms with E-state index in [4.69, 9.17) is 28.3 Å². The summed E-state index contributed by atoms with van der Waals surface area (Å²) < 4.78 is 4.54. The second-order valence-electron chi connectivity index (χ2n) is 9.35. The Bertz CT molecular complexity index is 1870. The van der Waals surface area contributed by atoms with Crippen molar-refractivity contribution in [2.45, 2.75) is 25.3 Å². The summed E-state index contributed by atoms with van der Waals surface area (Å²) in [6, 6.07) is 21.5. The number of aryl methyl sites for hydroxylation is 1. The Labute approximate surface area is 237 Å². The van der Waals surface area contributed by atoms with Crippen LogP contribution in [0.15, 0.2) is 92.0 Å². The van der Waals surface area contributed by atoms with Gasteiger partial charge in [0.1, 0.15) is 0 Å². The Morgan fingerprint density at radius 2 is 1.62 bits per heavy atom. The van der Waals surface area contributed by atoms with E-state index < -0.39 is 11.8 Å². The number of nitrogens with one attached hydrogen (secondary N) is 2. The number of H-pyrrole nitrogens is 2. The SMILES string of the molecule is O=C(CCc1noc(=O)[nH]1)N1N=C(c2c(-c3ccc(Cl)cc3)c3ccccc3[nH]c2=O)C[C@H]1c1ccc(Cl)cc1. The number of hydrogen-bond acceptors (Lipinski definition) is 6. The molecule has 0 unspecified atom stereocenters. The van der Waals surface area contributed by atoms with E-state index in [1.165, 1.54) is 5.01 Å². The predicted molar refractivity (Wildman–Crippen MR) is 153 cm³/mol. The van der Waals surface area contributed by atoms with Crippen LogP contribution in [0.3, 0.4) is 0 Å². The molecular weight excluding hydrogens is 553 g/mol. The van der Waals surface area contributed by atoms with Crippen molar-refractivity contribution in [2.24, 2.45) is 5.10 Å². The molecule has 2 N–H and O–H groups in total. The van der Waals surface area contributed by atoms with Gasteiger partial charge in [-0.25, -0.2) is 9.80 Å². The Morgan fingerprint density at radius 3 is 2.33 bits per heavy atom. The van der Waals surface area contributed by atoms with E-state index in [1.807, 2.05) is 48.5 Å². The second-order valence-corrected chi connectivity index (χ2v) is 10.2. The maximum absolute atomic E-state index is 13.6. The first-order chi connectivity index (χ1) is 19.4. The van der Waals surface area contributed by atoms with Gasteiger partial charge < -0.3 is 4.98 Å². The van der Waals surface area contributed by atoms with E-state index >= 15 is 0 Å². The van der Waals surface area contributed by atoms with Gasteiger partial charge in [-0.2, -0.15) is 5.10 Å². The lowest BCUT2D eigenvalue weighted by Gasteiger charge is -2.22. The van der Waals surface area contributed by atoms with Crippen molar-refractivity contribution in [2.75, 3.05) is 0 Å². The summed E-state index contributed by atoms with van der Waals surface area (Å²) in [7, 11) is 0. The van der Waals surface area contributed by atoms with Crippen molar-refractivity contribution in [3.8, 4) is 11.1 Å². The molecule has 1 atom stereocenters. The van der Waals surface area contributed by atoms with Crippen LogP contribution >= 0.6 is 23.2 Å². The molecule has 6 rings (SSSR count). The van der Waals surface area contributed by atoms with Gasteiger partial charge in [0.05, 0.1) is 17.3 Å². The quantitative estimate of drug-likeness (QED) is 0.278. The molecule has 40 heavy (non-hydrogen) atoms. The molecule has 0 fully saturated rings. The van der Waals surface area contributed by atoms with E-state index in [0.717, 1.165) is 16.5 Å². The van der Waals surface area contributed by atoms with E-state index in [9.17, 15) is 14.4 Å². The van der Waals surface area contributed by atoms with E-state index in [-0.39, 0.29) is 30.1 Å². The topological polar surface area (TPSA) is 124 Å². The standard InChI is InChI=1S/C29H21Cl2N5O4/c30-18-9-5-16(6-10-18)23-15-22(34-36(23)25(37)14-13-24-33-29(39)40-35-24)27-26(17-7-11-19(31)12-8-17)20-3-1-2-4-21(20)32-28(27)38/h1-12,23H,13-15H2,(H,32,38)(H,33,35,39)/t23-/m0/s1. The third kappa shape index (κ3) is 4.97. The molecule has 0 aliphatic carbocycles. The van der Waals surface area contributed by atoms with E-state index in [1.54, 1.807) is 24.3 Å². The van der Waals surface area contributed by atoms with Crippen LogP contribution in [-0.4, -0.2) is 31.8 Å². The highest BCUT2D eigenvalue weighted by Crippen LogP contribution is 2.37. The van der Waals surface area contributed by atoms with Crippen LogP contribution in [0.25, 0.3) is 22.0 Å². The molecule has 0 spiro atoms. The first-order valence-corrected chi connectivity index (χ1v) is 13.2. The smallest absolute Gasteiger partial charge is 0.321 e. The minimum absolute atomic E-state index is 0.0153. The molecule has 200 valence electrons. The van der Waals surface area contributed by atoms with Crippen LogP contribution in [0.5, 0.6) is 0 Å². The number of amides is 1. The number of nitrogens with zero attached hydrogens (tertiary/aromatic N) is 3. The van der Waals surface area contributed by atoms with Crippen LogP contribution in [0.4, 0.5) is 0 Å². The minimum Gasteiger partial charge on any atom is -0.321 e. The molecule has 3 heterocycles. The molecule has 0 bridgehead atoms. The number of aromatic amines is 2. The molecule has 3 aromatic carbocycles. The van der Waals surface area contributed by atoms with Crippen LogP contribution in [0.1, 0.15) is 35.8 Å². The second kappa shape index (κ2) is 10.6. The fourth-order valence-electron chi connectivity index (χ4n) is 4.98. The number of hydrogen-bond donors (Lipinski definition) is 2. The lowest BCUT2D eigenvalue weighted by molar-refractivity contribution is -0.133. The summed E-state index contributed by atoms with van der Waals surface area (Å²) in [5.74, 6) is -0.724. The van der Waals surface area contributed by atoms with Gasteiger partial charge in [-0.3, -0.25) is 19.1 Å². The molecule has 2 aromatic heterocycles. The Kier molecular flexibility index (Phi) is 6.83. The molecule has 5 aromatic rings. The molecule has 11 heteroatoms. The van der Waals surface area contributed by atoms with Gasteiger partial charge in [0.25, 0.3) is 5.56 Å². The monoisotopic (exact) mass is 573 g/mol. The van der Waals surface area contributed by atoms with Crippen LogP contribution in [0, 0.1) is 0 Å². The Morgan fingerprint density at radius 1 is 0.925 bits per heavy atom. The third-order valence-electron chi connectivity index (χ3n) is 6.82. The van der Waals surface area contributed by atoms with Gasteiger partial charge in [-0.05, 0) is 41.5 Å². The van der Waals surface area contributed by atoms with Crippen LogP contribution in [-0.2, 0) is 11.2 Å². The lowest BCUT2D eigenvalue weighted by Crippen LogP contribution is -2.27. The van der Waals surface area contributed by atoms with E-state index in [0.29, 0.717) is 38.8 Å². The van der Waals surface area contributed by atoms with E-state index in [2.05, 4.69) is 19.6 Å². The molecule has 9 nitrogen and oxygen atoms in total. The minimum atomic E-state index is -0.687. The zero-order valence-electron chi connectivity index (χ0n) is 20.9. The highest BCUT2D eigenvalue weighted by molar-refractivity contribution is 6.31. The molecule has 0 saturated heterocycles. The highest BCUT2D eigenvalue weighted by Gasteiger charge is 2.35. The molecule has 0 saturated carbocycles. The summed E-state index contributed by atoms with van der Waals surface area (Å²) in [5, 5.41) is 11.7. The average molecular weight is 574 g/mol. The number of rotatable bonds is 6. The number of carbonyl (C=O) groups is 1. The zero-order chi connectivity index (χ0) is 27.8. The zero-order valence-corrected chi connectivity index (χ0v) is 22.4. The Hall–Kier alpha value is -4.47. The highest BCUT2D eigenvalue weighted by atomic mass is 35.5. The summed E-state index contributed by atoms with van der Waals surface area (Å²) in [6.45, 7) is 0. The number of aromatic nitrogens is 3. The number of fused-ring (bicyclic) bond motifs is 1. The van der Waals surface area contributed by atoms with Crippen molar-refractivity contribution in [3.05, 3.63) is 121 Å². The van der Waals surface area contributed by atoms with Crippen molar-refractivity contribution in [1.29, 1.82) is 0 Å². The largest absolute Gasteiger partial charge is 0.438 e. The molecular formula is C29H21Cl2N5O4. The maximum atomic E-state index is 13.6. The van der Waals surface area contributed by atoms with Gasteiger partial charge in [-0.1, -0.05) is 70.8 Å². The normalized spacial score (nSPS) is 15.0. The van der Waals surface area contributed by atoms with Gasteiger partial charge in [0.2, 0.25) is 5.91 Å². The number of carbonyl (C=O) groups excluding carboxylic acids is 1. The van der Waals surface area contributed by atoms with Crippen LogP contribution in [0.2, 0.25) is 10.0 Å². The third-order valence-corrected chi connectivity index (χ3v) is 7.33. The summed E-state index contributed by atoms with van der Waals surface area (Å²) >= 11 is 12.3. The number of benzene rings is 3. The van der Waals surface area contributed by atoms with Gasteiger partial charge in [0.15, 0.2) is 5.82 Å². The number of halogens is 2. The summed E-state index contributed by atoms with van der Waals surface area (Å²) in [5.41, 5.74) is 3.55. The fraction of sp³-hybridized carbons (Fsp3) is 0.138. The summed E-state index contributed by atoms with van der Waals surface area (Å²) in [4.78, 5) is 43.8. The molecule has 1 amide bonds. The molecule has 0 radical (unpaired) electrons. The van der Waals surface area contributed by atoms with Gasteiger partial charge in [-0.15, -0.1) is 0 Å². The average Bonchev–Trinajstić information content (AvgIpc) is 3.58. The number of pyridine rings is 1. The van der Waals surface area contributed by atoms with Crippen molar-refractivity contribution < 1.29 is 9.32 Å². The number of hydrazone groups is 1. The first kappa shape index (κ1) is 25.8. The van der Waals surface area contributed by atoms with Crippen molar-refractivity contribution in [3.63, 3.8) is 0 Å². The van der Waals surface area contributed by atoms with Crippen molar-refractivity contribution >= 4 is 45.7 Å². The molecule has 1 aliphatic heterocycles. The van der Waals surface area contributed by atoms with Crippen molar-refractivity contribution in [1.82, 2.24) is 20.1 Å². The lowest BCUT2D eigenvalue weighted by atomic mass is 9.91. The predicted octanol–water partition coefficient (Wildman–Crippen LogP) is 5.49. The van der Waals surface area contributed by atoms with Crippen LogP contribution < -0.4 is 11.3 Å². The first-order valence-electron chi connectivity index (χ1n) is 12.5. The molecule has 1 aliphatic rings. The Balaban J connectivity index is 1.47.